The third kappa shape index (κ3) is 5.53. The molecule has 1 aliphatic carbocycles. The molecule has 1 N–H and O–H groups in total. The summed E-state index contributed by atoms with van der Waals surface area (Å²) in [4.78, 5) is 23.5. The maximum Gasteiger partial charge on any atom is 0.331 e. The van der Waals surface area contributed by atoms with Gasteiger partial charge in [0.2, 0.25) is 0 Å². The minimum atomic E-state index is -0.572. The molecular formula is C17H22BrNO4. The topological polar surface area (TPSA) is 68.5 Å². The Morgan fingerprint density at radius 3 is 2.87 bits per heavy atom. The lowest BCUT2D eigenvalue weighted by Gasteiger charge is -2.34. The molecule has 0 aromatic carbocycles. The molecule has 0 saturated heterocycles. The highest BCUT2D eigenvalue weighted by Crippen LogP contribution is 2.29. The summed E-state index contributed by atoms with van der Waals surface area (Å²) in [7, 11) is 0. The van der Waals surface area contributed by atoms with Crippen molar-refractivity contribution >= 4 is 33.9 Å². The molecule has 1 aliphatic rings. The summed E-state index contributed by atoms with van der Waals surface area (Å²) < 4.78 is 10.8. The van der Waals surface area contributed by atoms with Gasteiger partial charge in [-0.2, -0.15) is 0 Å². The Balaban J connectivity index is 1.73. The molecule has 1 aromatic heterocycles. The number of hydrogen-bond donors (Lipinski definition) is 1. The minimum Gasteiger partial charge on any atom is -0.452 e. The van der Waals surface area contributed by atoms with E-state index in [4.69, 9.17) is 9.15 Å². The van der Waals surface area contributed by atoms with Gasteiger partial charge < -0.3 is 14.5 Å². The molecule has 0 bridgehead atoms. The predicted octanol–water partition coefficient (Wildman–Crippen LogP) is 3.54. The maximum absolute atomic E-state index is 11.9. The minimum absolute atomic E-state index is 0.168. The number of carbonyl (C=O) groups is 2. The zero-order valence-electron chi connectivity index (χ0n) is 13.4. The first-order valence-electron chi connectivity index (χ1n) is 7.85. The van der Waals surface area contributed by atoms with Crippen molar-refractivity contribution < 1.29 is 18.7 Å². The van der Waals surface area contributed by atoms with Gasteiger partial charge in [0.1, 0.15) is 5.76 Å². The van der Waals surface area contributed by atoms with Gasteiger partial charge in [-0.25, -0.2) is 4.79 Å². The van der Waals surface area contributed by atoms with E-state index in [2.05, 4.69) is 35.1 Å². The van der Waals surface area contributed by atoms with Crippen LogP contribution in [0.15, 0.2) is 27.3 Å². The van der Waals surface area contributed by atoms with Crippen molar-refractivity contribution in [3.05, 3.63) is 28.6 Å². The molecule has 0 aliphatic heterocycles. The van der Waals surface area contributed by atoms with Gasteiger partial charge >= 0.3 is 5.97 Å². The third-order valence-corrected chi connectivity index (χ3v) is 4.80. The summed E-state index contributed by atoms with van der Waals surface area (Å²) in [6, 6.07) is 3.61. The van der Waals surface area contributed by atoms with Crippen LogP contribution in [0, 0.1) is 11.8 Å². The molecule has 1 aromatic rings. The second kappa shape index (κ2) is 8.34. The van der Waals surface area contributed by atoms with E-state index >= 15 is 0 Å². The highest BCUT2D eigenvalue weighted by molar-refractivity contribution is 9.10. The van der Waals surface area contributed by atoms with Crippen molar-refractivity contribution in [2.45, 2.75) is 39.2 Å². The molecule has 0 unspecified atom stereocenters. The number of esters is 1. The Kier molecular flexibility index (Phi) is 6.45. The molecule has 1 fully saturated rings. The number of furan rings is 1. The van der Waals surface area contributed by atoms with E-state index in [0.29, 0.717) is 22.3 Å². The van der Waals surface area contributed by atoms with E-state index in [1.807, 2.05) is 0 Å². The quantitative estimate of drug-likeness (QED) is 0.623. The lowest BCUT2D eigenvalue weighted by atomic mass is 9.78. The van der Waals surface area contributed by atoms with Crippen LogP contribution in [0.4, 0.5) is 0 Å². The molecular weight excluding hydrogens is 362 g/mol. The van der Waals surface area contributed by atoms with Gasteiger partial charge in [-0.15, -0.1) is 0 Å². The Bertz CT molecular complexity index is 581. The van der Waals surface area contributed by atoms with Crippen molar-refractivity contribution in [2.75, 3.05) is 6.61 Å². The molecule has 0 spiro atoms. The van der Waals surface area contributed by atoms with E-state index in [1.165, 1.54) is 18.6 Å². The fourth-order valence-electron chi connectivity index (χ4n) is 2.79. The van der Waals surface area contributed by atoms with Crippen molar-refractivity contribution in [2.24, 2.45) is 11.8 Å². The van der Waals surface area contributed by atoms with Crippen LogP contribution in [0.25, 0.3) is 6.08 Å². The second-order valence-corrected chi connectivity index (χ2v) is 6.81. The van der Waals surface area contributed by atoms with Gasteiger partial charge in [0, 0.05) is 12.1 Å². The van der Waals surface area contributed by atoms with E-state index in [1.54, 1.807) is 12.1 Å². The number of hydrogen-bond acceptors (Lipinski definition) is 4. The first-order chi connectivity index (χ1) is 11.0. The van der Waals surface area contributed by atoms with Crippen molar-refractivity contribution in [1.82, 2.24) is 5.32 Å². The number of rotatable bonds is 5. The average molecular weight is 384 g/mol. The molecule has 126 valence electrons. The fraction of sp³-hybridized carbons (Fsp3) is 0.529. The van der Waals surface area contributed by atoms with Crippen molar-refractivity contribution in [3.8, 4) is 0 Å². The van der Waals surface area contributed by atoms with Gasteiger partial charge in [-0.05, 0) is 52.4 Å². The van der Waals surface area contributed by atoms with Gasteiger partial charge in [-0.3, -0.25) is 4.79 Å². The largest absolute Gasteiger partial charge is 0.452 e. The normalized spacial score (nSPS) is 24.6. The number of amides is 1. The van der Waals surface area contributed by atoms with Crippen LogP contribution in [0.5, 0.6) is 0 Å². The molecule has 23 heavy (non-hydrogen) atoms. The monoisotopic (exact) mass is 383 g/mol. The lowest BCUT2D eigenvalue weighted by molar-refractivity contribution is -0.144. The molecule has 6 heteroatoms. The van der Waals surface area contributed by atoms with E-state index in [9.17, 15) is 9.59 Å². The Morgan fingerprint density at radius 1 is 1.39 bits per heavy atom. The zero-order chi connectivity index (χ0) is 16.8. The second-order valence-electron chi connectivity index (χ2n) is 6.02. The highest BCUT2D eigenvalue weighted by Gasteiger charge is 2.28. The van der Waals surface area contributed by atoms with Crippen LogP contribution < -0.4 is 5.32 Å². The summed E-state index contributed by atoms with van der Waals surface area (Å²) in [5, 5.41) is 2.97. The Labute approximate surface area is 144 Å². The molecule has 1 amide bonds. The smallest absolute Gasteiger partial charge is 0.331 e. The summed E-state index contributed by atoms with van der Waals surface area (Å²) in [5.74, 6) is 0.757. The molecule has 2 rings (SSSR count). The third-order valence-electron chi connectivity index (χ3n) is 4.38. The van der Waals surface area contributed by atoms with Crippen LogP contribution >= 0.6 is 15.9 Å². The van der Waals surface area contributed by atoms with Gasteiger partial charge in [0.25, 0.3) is 5.91 Å². The lowest BCUT2D eigenvalue weighted by Crippen LogP contribution is -2.45. The van der Waals surface area contributed by atoms with Crippen molar-refractivity contribution in [3.63, 3.8) is 0 Å². The molecule has 1 heterocycles. The molecule has 0 radical (unpaired) electrons. The summed E-state index contributed by atoms with van der Waals surface area (Å²) in [5.41, 5.74) is 0. The number of halogens is 1. The number of ether oxygens (including phenoxy) is 1. The zero-order valence-corrected chi connectivity index (χ0v) is 15.0. The van der Waals surface area contributed by atoms with Crippen LogP contribution in [-0.4, -0.2) is 24.5 Å². The first-order valence-corrected chi connectivity index (χ1v) is 8.64. The number of nitrogens with one attached hydrogen (secondary N) is 1. The summed E-state index contributed by atoms with van der Waals surface area (Å²) in [6.07, 6.45) is 6.05. The molecule has 3 atom stereocenters. The van der Waals surface area contributed by atoms with Crippen LogP contribution in [-0.2, 0) is 14.3 Å². The highest BCUT2D eigenvalue weighted by atomic mass is 79.9. The van der Waals surface area contributed by atoms with Crippen molar-refractivity contribution in [1.29, 1.82) is 0 Å². The molecule has 5 nitrogen and oxygen atoms in total. The Morgan fingerprint density at radius 2 is 2.17 bits per heavy atom. The van der Waals surface area contributed by atoms with Gasteiger partial charge in [-0.1, -0.05) is 26.7 Å². The maximum atomic E-state index is 11.9. The van der Waals surface area contributed by atoms with Crippen LogP contribution in [0.2, 0.25) is 0 Å². The van der Waals surface area contributed by atoms with Crippen LogP contribution in [0.3, 0.4) is 0 Å². The first kappa shape index (κ1) is 17.8. The van der Waals surface area contributed by atoms with Crippen LogP contribution in [0.1, 0.15) is 38.9 Å². The Hall–Kier alpha value is -1.56. The van der Waals surface area contributed by atoms with Gasteiger partial charge in [0.15, 0.2) is 11.3 Å². The predicted molar refractivity (Wildman–Crippen MR) is 90.5 cm³/mol. The number of carbonyl (C=O) groups excluding carboxylic acids is 2. The standard InChI is InChI=1S/C17H22BrNO4/c1-11-4-3-5-14(12(11)2)19-16(20)10-22-17(21)9-7-13-6-8-15(18)23-13/h6-9,11-12,14H,3-5,10H2,1-2H3,(H,19,20)/b9-7+/t11-,12-,14+/m1/s1. The fourth-order valence-corrected chi connectivity index (χ4v) is 3.11. The SMILES string of the molecule is C[C@@H]1[C@H](C)CCC[C@@H]1NC(=O)COC(=O)/C=C/c1ccc(Br)o1. The summed E-state index contributed by atoms with van der Waals surface area (Å²) >= 11 is 3.18. The molecule has 1 saturated carbocycles. The summed E-state index contributed by atoms with van der Waals surface area (Å²) in [6.45, 7) is 4.11. The van der Waals surface area contributed by atoms with E-state index in [0.717, 1.165) is 12.8 Å². The van der Waals surface area contributed by atoms with E-state index < -0.39 is 5.97 Å². The average Bonchev–Trinajstić information content (AvgIpc) is 2.93. The van der Waals surface area contributed by atoms with Gasteiger partial charge in [0.05, 0.1) is 0 Å². The van der Waals surface area contributed by atoms with E-state index in [-0.39, 0.29) is 18.6 Å².